The summed E-state index contributed by atoms with van der Waals surface area (Å²) in [6, 6.07) is -0.916. The molecular weight excluding hydrogens is 239 g/mol. The second kappa shape index (κ2) is 6.46. The van der Waals surface area contributed by atoms with Crippen molar-refractivity contribution in [2.24, 2.45) is 5.92 Å². The lowest BCUT2D eigenvalue weighted by molar-refractivity contribution is -0.149. The summed E-state index contributed by atoms with van der Waals surface area (Å²) < 4.78 is 40.0. The average molecular weight is 255 g/mol. The van der Waals surface area contributed by atoms with E-state index in [0.29, 0.717) is 0 Å². The zero-order valence-electron chi connectivity index (χ0n) is 9.93. The summed E-state index contributed by atoms with van der Waals surface area (Å²) in [5.74, 6) is -1.73. The first kappa shape index (κ1) is 15.7. The number of rotatable bonds is 5. The Morgan fingerprint density at radius 3 is 2.18 bits per heavy atom. The fourth-order valence-electron chi connectivity index (χ4n) is 1.13. The average Bonchev–Trinajstić information content (AvgIpc) is 2.20. The number of nitrogens with one attached hydrogen (secondary N) is 1. The van der Waals surface area contributed by atoms with E-state index in [-0.39, 0.29) is 5.92 Å². The van der Waals surface area contributed by atoms with Crippen LogP contribution in [0.25, 0.3) is 0 Å². The van der Waals surface area contributed by atoms with Crippen molar-refractivity contribution in [1.82, 2.24) is 5.32 Å². The van der Waals surface area contributed by atoms with Crippen LogP contribution in [0.2, 0.25) is 0 Å². The van der Waals surface area contributed by atoms with E-state index in [1.807, 2.05) is 0 Å². The summed E-state index contributed by atoms with van der Waals surface area (Å²) in [4.78, 5) is 22.4. The molecule has 1 atom stereocenters. The molecule has 0 saturated heterocycles. The van der Waals surface area contributed by atoms with Crippen LogP contribution in [0.1, 0.15) is 26.7 Å². The molecule has 0 spiro atoms. The third-order valence-electron chi connectivity index (χ3n) is 2.07. The van der Waals surface area contributed by atoms with Crippen molar-refractivity contribution in [3.63, 3.8) is 0 Å². The number of carbonyl (C=O) groups excluding carboxylic acids is 2. The molecule has 0 aliphatic rings. The predicted octanol–water partition coefficient (Wildman–Crippen LogP) is 1.64. The molecule has 0 aromatic rings. The molecule has 0 aliphatic carbocycles. The highest BCUT2D eigenvalue weighted by Gasteiger charge is 2.30. The molecule has 100 valence electrons. The Morgan fingerprint density at radius 2 is 1.82 bits per heavy atom. The van der Waals surface area contributed by atoms with E-state index in [9.17, 15) is 22.8 Å². The number of hydrogen-bond acceptors (Lipinski definition) is 3. The lowest BCUT2D eigenvalue weighted by Crippen LogP contribution is -2.45. The van der Waals surface area contributed by atoms with Crippen LogP contribution in [0.5, 0.6) is 0 Å². The SMILES string of the molecule is COC(=O)C(NC(=O)CCC(F)(F)F)C(C)C. The first-order chi connectivity index (χ1) is 7.67. The first-order valence-corrected chi connectivity index (χ1v) is 5.11. The molecule has 0 heterocycles. The van der Waals surface area contributed by atoms with Gasteiger partial charge in [-0.3, -0.25) is 4.79 Å². The highest BCUT2D eigenvalue weighted by Crippen LogP contribution is 2.21. The molecule has 0 bridgehead atoms. The topological polar surface area (TPSA) is 55.4 Å². The van der Waals surface area contributed by atoms with Gasteiger partial charge in [-0.2, -0.15) is 13.2 Å². The predicted molar refractivity (Wildman–Crippen MR) is 54.1 cm³/mol. The third-order valence-corrected chi connectivity index (χ3v) is 2.07. The maximum absolute atomic E-state index is 11.9. The van der Waals surface area contributed by atoms with E-state index < -0.39 is 36.9 Å². The Kier molecular flexibility index (Phi) is 5.98. The maximum Gasteiger partial charge on any atom is 0.389 e. The van der Waals surface area contributed by atoms with Crippen LogP contribution in [-0.4, -0.2) is 31.2 Å². The Hall–Kier alpha value is -1.27. The number of carbonyl (C=O) groups is 2. The Balaban J connectivity index is 4.28. The van der Waals surface area contributed by atoms with Gasteiger partial charge in [0.25, 0.3) is 0 Å². The van der Waals surface area contributed by atoms with E-state index in [4.69, 9.17) is 0 Å². The number of amides is 1. The van der Waals surface area contributed by atoms with Gasteiger partial charge in [0.2, 0.25) is 5.91 Å². The Labute approximate surface area is 97.5 Å². The van der Waals surface area contributed by atoms with Crippen LogP contribution in [-0.2, 0) is 14.3 Å². The van der Waals surface area contributed by atoms with E-state index in [0.717, 1.165) is 7.11 Å². The molecule has 0 aromatic heterocycles. The molecule has 0 rings (SSSR count). The van der Waals surface area contributed by atoms with Gasteiger partial charge < -0.3 is 10.1 Å². The summed E-state index contributed by atoms with van der Waals surface area (Å²) in [5, 5.41) is 2.23. The zero-order chi connectivity index (χ0) is 13.6. The number of esters is 1. The molecule has 1 amide bonds. The van der Waals surface area contributed by atoms with Gasteiger partial charge in [-0.15, -0.1) is 0 Å². The molecule has 0 saturated carbocycles. The smallest absolute Gasteiger partial charge is 0.389 e. The molecule has 0 aliphatic heterocycles. The van der Waals surface area contributed by atoms with Gasteiger partial charge in [-0.1, -0.05) is 13.8 Å². The summed E-state index contributed by atoms with van der Waals surface area (Å²) in [6.45, 7) is 3.32. The fourth-order valence-corrected chi connectivity index (χ4v) is 1.13. The maximum atomic E-state index is 11.9. The van der Waals surface area contributed by atoms with Gasteiger partial charge in [0, 0.05) is 6.42 Å². The lowest BCUT2D eigenvalue weighted by atomic mass is 10.0. The second-order valence-electron chi connectivity index (χ2n) is 3.93. The van der Waals surface area contributed by atoms with Crippen molar-refractivity contribution < 1.29 is 27.5 Å². The molecule has 0 aromatic carbocycles. The minimum atomic E-state index is -4.38. The lowest BCUT2D eigenvalue weighted by Gasteiger charge is -2.19. The monoisotopic (exact) mass is 255 g/mol. The largest absolute Gasteiger partial charge is 0.467 e. The van der Waals surface area contributed by atoms with Crippen LogP contribution in [0.4, 0.5) is 13.2 Å². The minimum absolute atomic E-state index is 0.253. The van der Waals surface area contributed by atoms with Gasteiger partial charge in [-0.05, 0) is 5.92 Å². The molecule has 1 N–H and O–H groups in total. The minimum Gasteiger partial charge on any atom is -0.467 e. The molecule has 17 heavy (non-hydrogen) atoms. The number of methoxy groups -OCH3 is 1. The highest BCUT2D eigenvalue weighted by molar-refractivity contribution is 5.84. The van der Waals surface area contributed by atoms with Gasteiger partial charge in [0.05, 0.1) is 13.5 Å². The normalized spacial score (nSPS) is 13.4. The van der Waals surface area contributed by atoms with Gasteiger partial charge in [0.1, 0.15) is 6.04 Å². The van der Waals surface area contributed by atoms with Crippen LogP contribution in [0.15, 0.2) is 0 Å². The molecule has 4 nitrogen and oxygen atoms in total. The van der Waals surface area contributed by atoms with Crippen LogP contribution < -0.4 is 5.32 Å². The Morgan fingerprint density at radius 1 is 1.29 bits per heavy atom. The first-order valence-electron chi connectivity index (χ1n) is 5.11. The number of ether oxygens (including phenoxy) is 1. The van der Waals surface area contributed by atoms with Crippen molar-refractivity contribution in [2.75, 3.05) is 7.11 Å². The highest BCUT2D eigenvalue weighted by atomic mass is 19.4. The quantitative estimate of drug-likeness (QED) is 0.760. The van der Waals surface area contributed by atoms with E-state index >= 15 is 0 Å². The van der Waals surface area contributed by atoms with E-state index in [1.165, 1.54) is 0 Å². The Bertz CT molecular complexity index is 276. The molecule has 0 fully saturated rings. The molecule has 1 unspecified atom stereocenters. The summed E-state index contributed by atoms with van der Waals surface area (Å²) >= 11 is 0. The fraction of sp³-hybridized carbons (Fsp3) is 0.800. The molecule has 7 heteroatoms. The second-order valence-corrected chi connectivity index (χ2v) is 3.93. The summed E-state index contributed by atoms with van der Waals surface area (Å²) in [7, 11) is 1.15. The number of hydrogen-bond donors (Lipinski definition) is 1. The van der Waals surface area contributed by atoms with Gasteiger partial charge >= 0.3 is 12.1 Å². The van der Waals surface area contributed by atoms with Crippen molar-refractivity contribution in [3.05, 3.63) is 0 Å². The van der Waals surface area contributed by atoms with Crippen molar-refractivity contribution in [2.45, 2.75) is 38.9 Å². The van der Waals surface area contributed by atoms with E-state index in [2.05, 4.69) is 10.1 Å². The summed E-state index contributed by atoms with van der Waals surface area (Å²) in [5.41, 5.74) is 0. The molecular formula is C10H16F3NO3. The summed E-state index contributed by atoms with van der Waals surface area (Å²) in [6.07, 6.45) is -6.27. The number of halogens is 3. The van der Waals surface area contributed by atoms with Gasteiger partial charge in [-0.25, -0.2) is 4.79 Å². The van der Waals surface area contributed by atoms with Crippen molar-refractivity contribution in [3.8, 4) is 0 Å². The third kappa shape index (κ3) is 6.80. The standard InChI is InChI=1S/C10H16F3NO3/c1-6(2)8(9(16)17-3)14-7(15)4-5-10(11,12)13/h6,8H,4-5H2,1-3H3,(H,14,15). The van der Waals surface area contributed by atoms with Crippen LogP contribution in [0.3, 0.4) is 0 Å². The number of alkyl halides is 3. The van der Waals surface area contributed by atoms with Gasteiger partial charge in [0.15, 0.2) is 0 Å². The molecule has 0 radical (unpaired) electrons. The van der Waals surface area contributed by atoms with E-state index in [1.54, 1.807) is 13.8 Å². The van der Waals surface area contributed by atoms with Crippen LogP contribution in [0, 0.1) is 5.92 Å². The zero-order valence-corrected chi connectivity index (χ0v) is 9.93. The van der Waals surface area contributed by atoms with Crippen molar-refractivity contribution in [1.29, 1.82) is 0 Å². The van der Waals surface area contributed by atoms with Crippen molar-refractivity contribution >= 4 is 11.9 Å². The van der Waals surface area contributed by atoms with Crippen LogP contribution >= 0.6 is 0 Å².